The normalized spacial score (nSPS) is 18.2. The highest BCUT2D eigenvalue weighted by atomic mass is 19.4. The number of hydrogen-bond donors (Lipinski definition) is 0. The lowest BCUT2D eigenvalue weighted by Crippen LogP contribution is -2.45. The molecule has 1 aliphatic heterocycles. The molecule has 0 radical (unpaired) electrons. The van der Waals surface area contributed by atoms with Crippen LogP contribution in [0, 0.1) is 5.92 Å². The van der Waals surface area contributed by atoms with E-state index in [1.165, 1.54) is 7.05 Å². The first kappa shape index (κ1) is 18.2. The van der Waals surface area contributed by atoms with Gasteiger partial charge >= 0.3 is 6.18 Å². The molecule has 0 aromatic heterocycles. The van der Waals surface area contributed by atoms with Crippen molar-refractivity contribution in [2.24, 2.45) is 5.92 Å². The van der Waals surface area contributed by atoms with Gasteiger partial charge in [-0.3, -0.25) is 9.69 Å². The number of carbonyl (C=O) groups is 1. The van der Waals surface area contributed by atoms with Crippen LogP contribution in [0.3, 0.4) is 0 Å². The van der Waals surface area contributed by atoms with Crippen LogP contribution in [0.1, 0.15) is 26.7 Å². The average molecular weight is 310 g/mol. The van der Waals surface area contributed by atoms with Gasteiger partial charge in [0.05, 0.1) is 12.6 Å². The third-order valence-electron chi connectivity index (χ3n) is 3.40. The summed E-state index contributed by atoms with van der Waals surface area (Å²) in [4.78, 5) is 14.4. The van der Waals surface area contributed by atoms with E-state index in [1.54, 1.807) is 0 Å². The summed E-state index contributed by atoms with van der Waals surface area (Å²) in [7, 11) is 1.19. The predicted octanol–water partition coefficient (Wildman–Crippen LogP) is 2.14. The number of carbonyl (C=O) groups excluding carboxylic acids is 1. The molecule has 124 valence electrons. The van der Waals surface area contributed by atoms with Crippen molar-refractivity contribution >= 4 is 5.91 Å². The van der Waals surface area contributed by atoms with Gasteiger partial charge in [0.2, 0.25) is 5.91 Å². The van der Waals surface area contributed by atoms with Gasteiger partial charge in [-0.05, 0) is 18.8 Å². The number of nitrogens with zero attached hydrogens (tertiary/aromatic N) is 2. The third kappa shape index (κ3) is 7.66. The van der Waals surface area contributed by atoms with Gasteiger partial charge in [-0.15, -0.1) is 0 Å². The van der Waals surface area contributed by atoms with Crippen molar-refractivity contribution < 1.29 is 22.7 Å². The van der Waals surface area contributed by atoms with Gasteiger partial charge in [0.1, 0.15) is 6.54 Å². The second-order valence-electron chi connectivity index (χ2n) is 6.07. The van der Waals surface area contributed by atoms with E-state index in [9.17, 15) is 18.0 Å². The molecule has 0 bridgehead atoms. The Bertz CT molecular complexity index is 327. The molecule has 1 heterocycles. The fourth-order valence-electron chi connectivity index (χ4n) is 2.23. The molecule has 0 N–H and O–H groups in total. The van der Waals surface area contributed by atoms with Crippen LogP contribution in [-0.2, 0) is 9.53 Å². The zero-order valence-corrected chi connectivity index (χ0v) is 12.9. The average Bonchev–Trinajstić information content (AvgIpc) is 2.35. The molecule has 21 heavy (non-hydrogen) atoms. The van der Waals surface area contributed by atoms with E-state index in [2.05, 4.69) is 13.8 Å². The molecule has 4 nitrogen and oxygen atoms in total. The molecule has 0 unspecified atom stereocenters. The lowest BCUT2D eigenvalue weighted by molar-refractivity contribution is -0.159. The highest BCUT2D eigenvalue weighted by Crippen LogP contribution is 2.17. The second-order valence-corrected chi connectivity index (χ2v) is 6.07. The quantitative estimate of drug-likeness (QED) is 0.753. The Kier molecular flexibility index (Phi) is 6.93. The highest BCUT2D eigenvalue weighted by Gasteiger charge is 2.32. The molecule has 0 saturated carbocycles. The molecular weight excluding hydrogens is 285 g/mol. The van der Waals surface area contributed by atoms with Crippen LogP contribution >= 0.6 is 0 Å². The first-order chi connectivity index (χ1) is 9.67. The molecule has 0 atom stereocenters. The monoisotopic (exact) mass is 310 g/mol. The van der Waals surface area contributed by atoms with Gasteiger partial charge in [0, 0.05) is 26.7 Å². The molecule has 1 rings (SSSR count). The smallest absolute Gasteiger partial charge is 0.378 e. The highest BCUT2D eigenvalue weighted by molar-refractivity contribution is 5.78. The molecular formula is C14H25F3N2O2. The summed E-state index contributed by atoms with van der Waals surface area (Å²) in [6.07, 6.45) is -2.50. The van der Waals surface area contributed by atoms with Crippen LogP contribution in [0.5, 0.6) is 0 Å². The maximum atomic E-state index is 12.2. The van der Waals surface area contributed by atoms with Crippen molar-refractivity contribution in [3.8, 4) is 0 Å². The Labute approximate surface area is 124 Å². The second kappa shape index (κ2) is 7.98. The van der Waals surface area contributed by atoms with Gasteiger partial charge in [0.15, 0.2) is 0 Å². The number of rotatable bonds is 6. The van der Waals surface area contributed by atoms with E-state index in [4.69, 9.17) is 4.74 Å². The van der Waals surface area contributed by atoms with Crippen LogP contribution in [-0.4, -0.2) is 67.8 Å². The van der Waals surface area contributed by atoms with Crippen molar-refractivity contribution in [3.63, 3.8) is 0 Å². The summed E-state index contributed by atoms with van der Waals surface area (Å²) in [5, 5.41) is 0. The third-order valence-corrected chi connectivity index (χ3v) is 3.40. The van der Waals surface area contributed by atoms with E-state index in [0.717, 1.165) is 24.3 Å². The number of halogens is 3. The number of piperidine rings is 1. The number of ether oxygens (including phenoxy) is 1. The zero-order chi connectivity index (χ0) is 16.0. The molecule has 1 saturated heterocycles. The lowest BCUT2D eigenvalue weighted by atomic mass is 10.1. The molecule has 0 aromatic carbocycles. The summed E-state index contributed by atoms with van der Waals surface area (Å²) in [5.41, 5.74) is 0. The molecule has 0 spiro atoms. The standard InChI is InChI=1S/C14H25F3N2O2/c1-11(2)9-21-12-4-6-19(7-5-12)8-13(20)18(3)10-14(15,16)17/h11-12H,4-10H2,1-3H3. The molecule has 0 aromatic rings. The van der Waals surface area contributed by atoms with Gasteiger partial charge in [-0.1, -0.05) is 13.8 Å². The fourth-order valence-corrected chi connectivity index (χ4v) is 2.23. The predicted molar refractivity (Wildman–Crippen MR) is 73.9 cm³/mol. The number of hydrogen-bond acceptors (Lipinski definition) is 3. The largest absolute Gasteiger partial charge is 0.406 e. The molecule has 7 heteroatoms. The van der Waals surface area contributed by atoms with Crippen LogP contribution in [0.15, 0.2) is 0 Å². The Balaban J connectivity index is 2.27. The molecule has 0 aliphatic carbocycles. The topological polar surface area (TPSA) is 32.8 Å². The zero-order valence-electron chi connectivity index (χ0n) is 12.9. The molecule has 1 amide bonds. The Morgan fingerprint density at radius 1 is 1.33 bits per heavy atom. The molecule has 1 fully saturated rings. The summed E-state index contributed by atoms with van der Waals surface area (Å²) in [6.45, 7) is 5.12. The number of amides is 1. The summed E-state index contributed by atoms with van der Waals surface area (Å²) in [6, 6.07) is 0. The fraction of sp³-hybridized carbons (Fsp3) is 0.929. The minimum absolute atomic E-state index is 0.0451. The Hall–Kier alpha value is -0.820. The van der Waals surface area contributed by atoms with Crippen molar-refractivity contribution in [1.29, 1.82) is 0 Å². The Morgan fingerprint density at radius 2 is 1.90 bits per heavy atom. The minimum atomic E-state index is -4.35. The van der Waals surface area contributed by atoms with E-state index in [-0.39, 0.29) is 12.6 Å². The maximum Gasteiger partial charge on any atom is 0.406 e. The minimum Gasteiger partial charge on any atom is -0.378 e. The summed E-state index contributed by atoms with van der Waals surface area (Å²) in [5.74, 6) is -0.00509. The van der Waals surface area contributed by atoms with Crippen LogP contribution in [0.4, 0.5) is 13.2 Å². The lowest BCUT2D eigenvalue weighted by Gasteiger charge is -2.32. The number of likely N-dealkylation sites (N-methyl/N-ethyl adjacent to an activating group) is 1. The van der Waals surface area contributed by atoms with Crippen molar-refractivity contribution in [2.45, 2.75) is 39.0 Å². The van der Waals surface area contributed by atoms with E-state index >= 15 is 0 Å². The van der Waals surface area contributed by atoms with E-state index in [0.29, 0.717) is 19.0 Å². The summed E-state index contributed by atoms with van der Waals surface area (Å²) < 4.78 is 42.4. The van der Waals surface area contributed by atoms with E-state index < -0.39 is 18.6 Å². The van der Waals surface area contributed by atoms with Crippen LogP contribution in [0.25, 0.3) is 0 Å². The van der Waals surface area contributed by atoms with Gasteiger partial charge in [0.25, 0.3) is 0 Å². The Morgan fingerprint density at radius 3 is 2.38 bits per heavy atom. The first-order valence-corrected chi connectivity index (χ1v) is 7.32. The van der Waals surface area contributed by atoms with Crippen LogP contribution < -0.4 is 0 Å². The van der Waals surface area contributed by atoms with Crippen molar-refractivity contribution in [1.82, 2.24) is 9.80 Å². The number of likely N-dealkylation sites (tertiary alicyclic amines) is 1. The summed E-state index contributed by atoms with van der Waals surface area (Å²) >= 11 is 0. The molecule has 1 aliphatic rings. The van der Waals surface area contributed by atoms with Crippen LogP contribution in [0.2, 0.25) is 0 Å². The van der Waals surface area contributed by atoms with Gasteiger partial charge < -0.3 is 9.64 Å². The van der Waals surface area contributed by atoms with Crippen molar-refractivity contribution in [3.05, 3.63) is 0 Å². The van der Waals surface area contributed by atoms with Gasteiger partial charge in [-0.2, -0.15) is 13.2 Å². The van der Waals surface area contributed by atoms with E-state index in [1.807, 2.05) is 4.90 Å². The maximum absolute atomic E-state index is 12.2. The van der Waals surface area contributed by atoms with Gasteiger partial charge in [-0.25, -0.2) is 0 Å². The number of alkyl halides is 3. The SMILES string of the molecule is CC(C)COC1CCN(CC(=O)N(C)CC(F)(F)F)CC1. The first-order valence-electron chi connectivity index (χ1n) is 7.32. The van der Waals surface area contributed by atoms with Crippen molar-refractivity contribution in [2.75, 3.05) is 39.8 Å².